The van der Waals surface area contributed by atoms with E-state index in [0.717, 1.165) is 27.3 Å². The van der Waals surface area contributed by atoms with E-state index in [0.29, 0.717) is 12.4 Å². The number of nitrogens with zero attached hydrogens (tertiary/aromatic N) is 4. The highest BCUT2D eigenvalue weighted by Gasteiger charge is 2.11. The van der Waals surface area contributed by atoms with E-state index < -0.39 is 0 Å². The lowest BCUT2D eigenvalue weighted by Gasteiger charge is -2.09. The van der Waals surface area contributed by atoms with Crippen molar-refractivity contribution < 1.29 is 5.11 Å². The first kappa shape index (κ1) is 14.8. The Labute approximate surface area is 142 Å². The molecule has 0 saturated heterocycles. The molecule has 2 N–H and O–H groups in total. The highest BCUT2D eigenvalue weighted by Crippen LogP contribution is 2.28. The van der Waals surface area contributed by atoms with Crippen LogP contribution in [0.1, 0.15) is 0 Å². The number of para-hydroxylation sites is 1. The number of aliphatic hydroxyl groups is 1. The zero-order valence-electron chi connectivity index (χ0n) is 12.8. The number of aromatic nitrogens is 4. The van der Waals surface area contributed by atoms with Gasteiger partial charge in [0.1, 0.15) is 5.82 Å². The maximum absolute atomic E-state index is 9.00. The van der Waals surface area contributed by atoms with Gasteiger partial charge in [-0.15, -0.1) is 11.3 Å². The molecule has 120 valence electrons. The zero-order valence-corrected chi connectivity index (χ0v) is 13.6. The molecule has 4 rings (SSSR count). The van der Waals surface area contributed by atoms with Gasteiger partial charge in [0, 0.05) is 11.6 Å². The minimum atomic E-state index is 0.0556. The molecule has 0 fully saturated rings. The monoisotopic (exact) mass is 337 g/mol. The van der Waals surface area contributed by atoms with Gasteiger partial charge in [0.2, 0.25) is 0 Å². The topological polar surface area (TPSA) is 75.9 Å². The maximum atomic E-state index is 9.00. The van der Waals surface area contributed by atoms with Crippen molar-refractivity contribution in [1.29, 1.82) is 0 Å². The molecule has 1 aromatic carbocycles. The molecule has 0 spiro atoms. The van der Waals surface area contributed by atoms with E-state index in [1.165, 1.54) is 0 Å². The number of fused-ring (bicyclic) bond motifs is 1. The van der Waals surface area contributed by atoms with E-state index in [9.17, 15) is 0 Å². The van der Waals surface area contributed by atoms with Crippen LogP contribution < -0.4 is 5.32 Å². The summed E-state index contributed by atoms with van der Waals surface area (Å²) in [5.74, 6) is 1.45. The number of anilines is 2. The molecule has 0 amide bonds. The molecule has 0 saturated carbocycles. The number of thiophene rings is 1. The van der Waals surface area contributed by atoms with Crippen LogP contribution in [0.15, 0.2) is 54.2 Å². The molecule has 6 nitrogen and oxygen atoms in total. The summed E-state index contributed by atoms with van der Waals surface area (Å²) in [6.07, 6.45) is 3.56. The van der Waals surface area contributed by atoms with E-state index in [4.69, 9.17) is 10.1 Å². The average Bonchev–Trinajstić information content (AvgIpc) is 3.27. The van der Waals surface area contributed by atoms with Crippen molar-refractivity contribution >= 4 is 33.7 Å². The molecule has 24 heavy (non-hydrogen) atoms. The Morgan fingerprint density at radius 1 is 1.12 bits per heavy atom. The average molecular weight is 337 g/mol. The predicted octanol–water partition coefficient (Wildman–Crippen LogP) is 3.29. The molecule has 0 radical (unpaired) electrons. The minimum Gasteiger partial charge on any atom is -0.394 e. The molecular weight excluding hydrogens is 322 g/mol. The van der Waals surface area contributed by atoms with Crippen LogP contribution in [0, 0.1) is 0 Å². The minimum absolute atomic E-state index is 0.0556. The van der Waals surface area contributed by atoms with Gasteiger partial charge in [0.15, 0.2) is 5.82 Å². The van der Waals surface area contributed by atoms with E-state index in [1.54, 1.807) is 22.2 Å². The molecule has 4 aromatic rings. The van der Waals surface area contributed by atoms with E-state index in [2.05, 4.69) is 15.4 Å². The summed E-state index contributed by atoms with van der Waals surface area (Å²) in [5, 5.41) is 19.5. The summed E-state index contributed by atoms with van der Waals surface area (Å²) in [5.41, 5.74) is 1.71. The molecule has 0 aliphatic heterocycles. The van der Waals surface area contributed by atoms with Gasteiger partial charge in [-0.2, -0.15) is 5.10 Å². The number of hydrogen-bond donors (Lipinski definition) is 2. The van der Waals surface area contributed by atoms with Crippen LogP contribution in [0.3, 0.4) is 0 Å². The molecule has 3 aromatic heterocycles. The van der Waals surface area contributed by atoms with E-state index in [1.807, 2.05) is 48.0 Å². The number of hydrogen-bond acceptors (Lipinski definition) is 6. The van der Waals surface area contributed by atoms with Gasteiger partial charge in [-0.3, -0.25) is 4.68 Å². The van der Waals surface area contributed by atoms with Gasteiger partial charge in [-0.1, -0.05) is 18.2 Å². The lowest BCUT2D eigenvalue weighted by atomic mass is 10.2. The van der Waals surface area contributed by atoms with Crippen molar-refractivity contribution in [3.63, 3.8) is 0 Å². The van der Waals surface area contributed by atoms with Crippen molar-refractivity contribution in [2.75, 3.05) is 11.9 Å². The molecule has 0 aliphatic carbocycles. The first-order valence-electron chi connectivity index (χ1n) is 7.54. The van der Waals surface area contributed by atoms with Crippen LogP contribution in [0.5, 0.6) is 0 Å². The van der Waals surface area contributed by atoms with Gasteiger partial charge >= 0.3 is 0 Å². The Balaban J connectivity index is 1.77. The van der Waals surface area contributed by atoms with Crippen LogP contribution in [-0.4, -0.2) is 31.5 Å². The van der Waals surface area contributed by atoms with Crippen LogP contribution in [0.2, 0.25) is 0 Å². The van der Waals surface area contributed by atoms with Crippen molar-refractivity contribution in [1.82, 2.24) is 19.7 Å². The molecule has 7 heteroatoms. The largest absolute Gasteiger partial charge is 0.394 e. The van der Waals surface area contributed by atoms with Gasteiger partial charge in [-0.25, -0.2) is 9.97 Å². The zero-order chi connectivity index (χ0) is 16.4. The fourth-order valence-corrected chi connectivity index (χ4v) is 3.14. The molecule has 3 heterocycles. The SMILES string of the molecule is OCCn1cc(Nc2nc(-c3cccs3)nc3ccccc23)cn1. The van der Waals surface area contributed by atoms with Crippen LogP contribution in [0.25, 0.3) is 21.6 Å². The fourth-order valence-electron chi connectivity index (χ4n) is 2.48. The maximum Gasteiger partial charge on any atom is 0.172 e. The molecule has 0 bridgehead atoms. The second kappa shape index (κ2) is 6.38. The third-order valence-electron chi connectivity index (χ3n) is 3.57. The Kier molecular flexibility index (Phi) is 3.94. The second-order valence-corrected chi connectivity index (χ2v) is 6.18. The molecule has 0 aliphatic rings. The Bertz CT molecular complexity index is 964. The van der Waals surface area contributed by atoms with Crippen molar-refractivity contribution in [3.8, 4) is 10.7 Å². The summed E-state index contributed by atoms with van der Waals surface area (Å²) in [7, 11) is 0. The van der Waals surface area contributed by atoms with Crippen LogP contribution in [-0.2, 0) is 6.54 Å². The highest BCUT2D eigenvalue weighted by molar-refractivity contribution is 7.13. The summed E-state index contributed by atoms with van der Waals surface area (Å²) < 4.78 is 1.69. The van der Waals surface area contributed by atoms with Gasteiger partial charge < -0.3 is 10.4 Å². The Hall–Kier alpha value is -2.77. The number of aliphatic hydroxyl groups excluding tert-OH is 1. The highest BCUT2D eigenvalue weighted by atomic mass is 32.1. The third-order valence-corrected chi connectivity index (χ3v) is 4.44. The smallest absolute Gasteiger partial charge is 0.172 e. The summed E-state index contributed by atoms with van der Waals surface area (Å²) in [6, 6.07) is 11.9. The van der Waals surface area contributed by atoms with Crippen LogP contribution >= 0.6 is 11.3 Å². The van der Waals surface area contributed by atoms with Gasteiger partial charge in [0.25, 0.3) is 0 Å². The molecule has 0 atom stereocenters. The summed E-state index contributed by atoms with van der Waals surface area (Å²) in [6.45, 7) is 0.521. The Morgan fingerprint density at radius 3 is 2.88 bits per heavy atom. The first-order chi connectivity index (χ1) is 11.8. The fraction of sp³-hybridized carbons (Fsp3) is 0.118. The molecular formula is C17H15N5OS. The van der Waals surface area contributed by atoms with Crippen molar-refractivity contribution in [3.05, 3.63) is 54.2 Å². The van der Waals surface area contributed by atoms with Crippen molar-refractivity contribution in [2.24, 2.45) is 0 Å². The quantitative estimate of drug-likeness (QED) is 0.584. The lowest BCUT2D eigenvalue weighted by molar-refractivity contribution is 0.269. The summed E-state index contributed by atoms with van der Waals surface area (Å²) >= 11 is 1.61. The van der Waals surface area contributed by atoms with Crippen LogP contribution in [0.4, 0.5) is 11.5 Å². The normalized spacial score (nSPS) is 11.0. The second-order valence-electron chi connectivity index (χ2n) is 5.23. The van der Waals surface area contributed by atoms with E-state index >= 15 is 0 Å². The molecule has 0 unspecified atom stereocenters. The first-order valence-corrected chi connectivity index (χ1v) is 8.42. The van der Waals surface area contributed by atoms with Crippen molar-refractivity contribution in [2.45, 2.75) is 6.54 Å². The Morgan fingerprint density at radius 2 is 2.04 bits per heavy atom. The number of benzene rings is 1. The van der Waals surface area contributed by atoms with Gasteiger partial charge in [0.05, 0.1) is 35.4 Å². The summed E-state index contributed by atoms with van der Waals surface area (Å²) in [4.78, 5) is 10.4. The van der Waals surface area contributed by atoms with Gasteiger partial charge in [-0.05, 0) is 23.6 Å². The number of rotatable bonds is 5. The number of nitrogens with one attached hydrogen (secondary N) is 1. The van der Waals surface area contributed by atoms with E-state index in [-0.39, 0.29) is 6.61 Å². The standard InChI is InChI=1S/C17H15N5OS/c23-8-7-22-11-12(10-18-22)19-16-13-4-1-2-5-14(13)20-17(21-16)15-6-3-9-24-15/h1-6,9-11,23H,7-8H2,(H,19,20,21). The predicted molar refractivity (Wildman–Crippen MR) is 95.4 cm³/mol. The lowest BCUT2D eigenvalue weighted by Crippen LogP contribution is -2.02. The third kappa shape index (κ3) is 2.86.